The van der Waals surface area contributed by atoms with Gasteiger partial charge in [0.1, 0.15) is 0 Å². The van der Waals surface area contributed by atoms with E-state index in [0.717, 1.165) is 12.8 Å². The van der Waals surface area contributed by atoms with Crippen LogP contribution < -0.4 is 5.32 Å². The van der Waals surface area contributed by atoms with Crippen LogP contribution in [0.1, 0.15) is 52.9 Å². The van der Waals surface area contributed by atoms with Gasteiger partial charge in [-0.1, -0.05) is 26.7 Å². The first-order chi connectivity index (χ1) is 9.85. The SMILES string of the molecule is COC(=O)CCCN(C)CC(=O)NC(C)CCCC(C)C. The van der Waals surface area contributed by atoms with Crippen LogP contribution in [-0.2, 0) is 14.3 Å². The van der Waals surface area contributed by atoms with Crippen molar-refractivity contribution in [1.82, 2.24) is 10.2 Å². The third-order valence-electron chi connectivity index (χ3n) is 3.39. The molecule has 0 heterocycles. The number of carbonyl (C=O) groups is 2. The zero-order chi connectivity index (χ0) is 16.3. The molecule has 0 aromatic rings. The number of hydrogen-bond donors (Lipinski definition) is 1. The minimum absolute atomic E-state index is 0.0487. The molecule has 0 saturated heterocycles. The van der Waals surface area contributed by atoms with Crippen molar-refractivity contribution in [1.29, 1.82) is 0 Å². The third-order valence-corrected chi connectivity index (χ3v) is 3.39. The van der Waals surface area contributed by atoms with Gasteiger partial charge < -0.3 is 10.1 Å². The molecule has 5 heteroatoms. The van der Waals surface area contributed by atoms with Gasteiger partial charge in [-0.3, -0.25) is 14.5 Å². The molecule has 1 N–H and O–H groups in total. The summed E-state index contributed by atoms with van der Waals surface area (Å²) in [4.78, 5) is 24.8. The molecule has 0 aliphatic carbocycles. The Morgan fingerprint density at radius 1 is 1.14 bits per heavy atom. The van der Waals surface area contributed by atoms with Crippen LogP contribution in [0.5, 0.6) is 0 Å². The first-order valence-corrected chi connectivity index (χ1v) is 7.89. The molecule has 0 spiro atoms. The molecule has 0 aromatic heterocycles. The molecule has 0 radical (unpaired) electrons. The Morgan fingerprint density at radius 3 is 2.38 bits per heavy atom. The molecule has 5 nitrogen and oxygen atoms in total. The first kappa shape index (κ1) is 19.9. The fourth-order valence-corrected chi connectivity index (χ4v) is 2.14. The minimum Gasteiger partial charge on any atom is -0.469 e. The predicted octanol–water partition coefficient (Wildman–Crippen LogP) is 2.20. The van der Waals surface area contributed by atoms with Gasteiger partial charge in [-0.05, 0) is 39.3 Å². The second-order valence-corrected chi connectivity index (χ2v) is 6.21. The number of ether oxygens (including phenoxy) is 1. The molecule has 0 aliphatic rings. The number of methoxy groups -OCH3 is 1. The molecule has 0 saturated carbocycles. The monoisotopic (exact) mass is 300 g/mol. The van der Waals surface area contributed by atoms with Gasteiger partial charge in [0.05, 0.1) is 13.7 Å². The summed E-state index contributed by atoms with van der Waals surface area (Å²) in [6.07, 6.45) is 4.48. The second-order valence-electron chi connectivity index (χ2n) is 6.21. The predicted molar refractivity (Wildman–Crippen MR) is 85.0 cm³/mol. The molecule has 1 amide bonds. The van der Waals surface area contributed by atoms with Gasteiger partial charge in [0.15, 0.2) is 0 Å². The lowest BCUT2D eigenvalue weighted by molar-refractivity contribution is -0.140. The molecule has 0 aliphatic heterocycles. The Kier molecular flexibility index (Phi) is 10.9. The van der Waals surface area contributed by atoms with Crippen LogP contribution in [0.3, 0.4) is 0 Å². The molecule has 0 rings (SSSR count). The summed E-state index contributed by atoms with van der Waals surface area (Å²) in [7, 11) is 3.28. The second kappa shape index (κ2) is 11.5. The van der Waals surface area contributed by atoms with E-state index in [-0.39, 0.29) is 17.9 Å². The van der Waals surface area contributed by atoms with Crippen molar-refractivity contribution in [3.8, 4) is 0 Å². The van der Waals surface area contributed by atoms with E-state index in [1.165, 1.54) is 13.5 Å². The normalized spacial score (nSPS) is 12.5. The van der Waals surface area contributed by atoms with Crippen molar-refractivity contribution >= 4 is 11.9 Å². The summed E-state index contributed by atoms with van der Waals surface area (Å²) in [5, 5.41) is 3.02. The van der Waals surface area contributed by atoms with Gasteiger partial charge in [-0.25, -0.2) is 0 Å². The van der Waals surface area contributed by atoms with Crippen LogP contribution in [0.2, 0.25) is 0 Å². The largest absolute Gasteiger partial charge is 0.469 e. The van der Waals surface area contributed by atoms with Crippen molar-refractivity contribution in [2.24, 2.45) is 5.92 Å². The maximum absolute atomic E-state index is 11.9. The first-order valence-electron chi connectivity index (χ1n) is 7.89. The van der Waals surface area contributed by atoms with Crippen LogP contribution in [0.25, 0.3) is 0 Å². The van der Waals surface area contributed by atoms with E-state index in [1.807, 2.05) is 11.9 Å². The highest BCUT2D eigenvalue weighted by Crippen LogP contribution is 2.08. The zero-order valence-corrected chi connectivity index (χ0v) is 14.3. The van der Waals surface area contributed by atoms with Crippen molar-refractivity contribution in [2.45, 2.75) is 58.9 Å². The number of likely N-dealkylation sites (N-methyl/N-ethyl adjacent to an activating group) is 1. The lowest BCUT2D eigenvalue weighted by Crippen LogP contribution is -2.40. The van der Waals surface area contributed by atoms with Gasteiger partial charge in [0.2, 0.25) is 5.91 Å². The van der Waals surface area contributed by atoms with Gasteiger partial charge in [-0.2, -0.15) is 0 Å². The van der Waals surface area contributed by atoms with Crippen LogP contribution >= 0.6 is 0 Å². The molecule has 124 valence electrons. The van der Waals surface area contributed by atoms with E-state index in [1.54, 1.807) is 0 Å². The van der Waals surface area contributed by atoms with Crippen LogP contribution in [0.15, 0.2) is 0 Å². The van der Waals surface area contributed by atoms with Gasteiger partial charge in [-0.15, -0.1) is 0 Å². The number of hydrogen-bond acceptors (Lipinski definition) is 4. The van der Waals surface area contributed by atoms with Gasteiger partial charge in [0.25, 0.3) is 0 Å². The topological polar surface area (TPSA) is 58.6 Å². The summed E-state index contributed by atoms with van der Waals surface area (Å²) in [6.45, 7) is 7.56. The summed E-state index contributed by atoms with van der Waals surface area (Å²) in [6, 6.07) is 0.222. The fraction of sp³-hybridized carbons (Fsp3) is 0.875. The number of nitrogens with one attached hydrogen (secondary N) is 1. The van der Waals surface area contributed by atoms with E-state index in [4.69, 9.17) is 0 Å². The maximum atomic E-state index is 11.9. The average Bonchev–Trinajstić information content (AvgIpc) is 2.37. The van der Waals surface area contributed by atoms with Gasteiger partial charge >= 0.3 is 5.97 Å². The molecule has 0 aromatic carbocycles. The van der Waals surface area contributed by atoms with Crippen LogP contribution in [-0.4, -0.2) is 50.1 Å². The summed E-state index contributed by atoms with van der Waals surface area (Å²) < 4.78 is 4.58. The minimum atomic E-state index is -0.202. The molecule has 1 unspecified atom stereocenters. The molecule has 21 heavy (non-hydrogen) atoms. The number of nitrogens with zero attached hydrogens (tertiary/aromatic N) is 1. The smallest absolute Gasteiger partial charge is 0.305 e. The molecular formula is C16H32N2O3. The summed E-state index contributed by atoms with van der Waals surface area (Å²) >= 11 is 0. The highest BCUT2D eigenvalue weighted by Gasteiger charge is 2.10. The average molecular weight is 300 g/mol. The third kappa shape index (κ3) is 12.4. The Balaban J connectivity index is 3.73. The van der Waals surface area contributed by atoms with E-state index in [0.29, 0.717) is 31.8 Å². The zero-order valence-electron chi connectivity index (χ0n) is 14.3. The molecule has 0 fully saturated rings. The molecular weight excluding hydrogens is 268 g/mol. The number of rotatable bonds is 11. The lowest BCUT2D eigenvalue weighted by Gasteiger charge is -2.19. The van der Waals surface area contributed by atoms with E-state index < -0.39 is 0 Å². The quantitative estimate of drug-likeness (QED) is 0.594. The summed E-state index contributed by atoms with van der Waals surface area (Å²) in [5.41, 5.74) is 0. The Bertz CT molecular complexity index is 306. The number of esters is 1. The van der Waals surface area contributed by atoms with Crippen molar-refractivity contribution < 1.29 is 14.3 Å². The van der Waals surface area contributed by atoms with Crippen LogP contribution in [0, 0.1) is 5.92 Å². The van der Waals surface area contributed by atoms with Crippen LogP contribution in [0.4, 0.5) is 0 Å². The molecule has 1 atom stereocenters. The summed E-state index contributed by atoms with van der Waals surface area (Å²) in [5.74, 6) is 0.563. The molecule has 0 bridgehead atoms. The van der Waals surface area contributed by atoms with Crippen molar-refractivity contribution in [3.63, 3.8) is 0 Å². The highest BCUT2D eigenvalue weighted by molar-refractivity contribution is 5.78. The Hall–Kier alpha value is -1.10. The van der Waals surface area contributed by atoms with Crippen molar-refractivity contribution in [2.75, 3.05) is 27.2 Å². The standard InChI is InChI=1S/C16H32N2O3/c1-13(2)8-6-9-14(3)17-15(19)12-18(4)11-7-10-16(20)21-5/h13-14H,6-12H2,1-5H3,(H,17,19). The van der Waals surface area contributed by atoms with Gasteiger partial charge in [0, 0.05) is 12.5 Å². The Labute approximate surface area is 129 Å². The number of amides is 1. The fourth-order valence-electron chi connectivity index (χ4n) is 2.14. The highest BCUT2D eigenvalue weighted by atomic mass is 16.5. The lowest BCUT2D eigenvalue weighted by atomic mass is 10.0. The van der Waals surface area contributed by atoms with E-state index >= 15 is 0 Å². The maximum Gasteiger partial charge on any atom is 0.305 e. The van der Waals surface area contributed by atoms with Crippen molar-refractivity contribution in [3.05, 3.63) is 0 Å². The van der Waals surface area contributed by atoms with E-state index in [9.17, 15) is 9.59 Å². The van der Waals surface area contributed by atoms with E-state index in [2.05, 4.69) is 30.8 Å². The Morgan fingerprint density at radius 2 is 1.81 bits per heavy atom. The number of carbonyl (C=O) groups excluding carboxylic acids is 2.